The molecule has 0 aliphatic heterocycles. The number of ether oxygens (including phenoxy) is 1. The van der Waals surface area contributed by atoms with Crippen LogP contribution >= 0.6 is 0 Å². The van der Waals surface area contributed by atoms with Crippen molar-refractivity contribution >= 4 is 0 Å². The van der Waals surface area contributed by atoms with Crippen LogP contribution in [-0.4, -0.2) is 11.2 Å². The molecule has 1 aromatic carbocycles. The maximum atomic E-state index is 5.65. The lowest BCUT2D eigenvalue weighted by molar-refractivity contribution is -0.696. The molecule has 0 radical (unpaired) electrons. The monoisotopic (exact) mass is 245 g/mol. The standard InChI is InChI=1S/C15H21N2O/c1-3-5-10-16-11-12-17(13-16)14-8-6-7-9-15(14)18-4-2/h6-9,11-13H,3-5,10H2,1-2H3/q+1. The van der Waals surface area contributed by atoms with Crippen LogP contribution in [0, 0.1) is 0 Å². The molecule has 1 aromatic heterocycles. The van der Waals surface area contributed by atoms with Crippen molar-refractivity contribution < 1.29 is 9.30 Å². The van der Waals surface area contributed by atoms with E-state index in [-0.39, 0.29) is 0 Å². The van der Waals surface area contributed by atoms with Crippen LogP contribution in [0.5, 0.6) is 5.75 Å². The van der Waals surface area contributed by atoms with Crippen LogP contribution in [-0.2, 0) is 6.54 Å². The molecule has 3 nitrogen and oxygen atoms in total. The zero-order valence-corrected chi connectivity index (χ0v) is 11.2. The maximum Gasteiger partial charge on any atom is 0.249 e. The highest BCUT2D eigenvalue weighted by Gasteiger charge is 2.11. The molecule has 0 saturated carbocycles. The van der Waals surface area contributed by atoms with E-state index in [1.165, 1.54) is 12.8 Å². The Morgan fingerprint density at radius 3 is 2.83 bits per heavy atom. The summed E-state index contributed by atoms with van der Waals surface area (Å²) in [6.45, 7) is 5.98. The number of aryl methyl sites for hydroxylation is 1. The number of benzene rings is 1. The molecule has 0 amide bonds. The predicted molar refractivity (Wildman–Crippen MR) is 72.0 cm³/mol. The van der Waals surface area contributed by atoms with Gasteiger partial charge in [0.1, 0.15) is 12.4 Å². The first-order chi connectivity index (χ1) is 8.85. The van der Waals surface area contributed by atoms with Gasteiger partial charge in [0.2, 0.25) is 6.33 Å². The fraction of sp³-hybridized carbons (Fsp3) is 0.400. The molecule has 2 rings (SSSR count). The quantitative estimate of drug-likeness (QED) is 0.716. The van der Waals surface area contributed by atoms with E-state index in [0.717, 1.165) is 18.0 Å². The average Bonchev–Trinajstić information content (AvgIpc) is 2.86. The van der Waals surface area contributed by atoms with Gasteiger partial charge in [-0.25, -0.2) is 4.57 Å². The van der Waals surface area contributed by atoms with E-state index in [1.54, 1.807) is 0 Å². The number of aromatic nitrogens is 2. The van der Waals surface area contributed by atoms with Crippen molar-refractivity contribution in [3.8, 4) is 11.4 Å². The minimum atomic E-state index is 0.689. The molecule has 0 unspecified atom stereocenters. The highest BCUT2D eigenvalue weighted by atomic mass is 16.5. The second-order valence-corrected chi connectivity index (χ2v) is 4.31. The van der Waals surface area contributed by atoms with Gasteiger partial charge < -0.3 is 4.74 Å². The molecule has 0 fully saturated rings. The van der Waals surface area contributed by atoms with Gasteiger partial charge in [0.25, 0.3) is 0 Å². The fourth-order valence-electron chi connectivity index (χ4n) is 1.96. The van der Waals surface area contributed by atoms with Crippen molar-refractivity contribution in [2.75, 3.05) is 6.61 Å². The lowest BCUT2D eigenvalue weighted by Gasteiger charge is -2.05. The summed E-state index contributed by atoms with van der Waals surface area (Å²) in [5.41, 5.74) is 1.09. The molecular weight excluding hydrogens is 224 g/mol. The summed E-state index contributed by atoms with van der Waals surface area (Å²) in [5, 5.41) is 0. The van der Waals surface area contributed by atoms with Crippen LogP contribution in [0.2, 0.25) is 0 Å². The van der Waals surface area contributed by atoms with E-state index in [0.29, 0.717) is 6.61 Å². The highest BCUT2D eigenvalue weighted by Crippen LogP contribution is 2.21. The van der Waals surface area contributed by atoms with Gasteiger partial charge in [0.05, 0.1) is 13.2 Å². The van der Waals surface area contributed by atoms with Crippen LogP contribution in [0.1, 0.15) is 26.7 Å². The van der Waals surface area contributed by atoms with Crippen LogP contribution in [0.3, 0.4) is 0 Å². The van der Waals surface area contributed by atoms with E-state index < -0.39 is 0 Å². The Balaban J connectivity index is 2.22. The van der Waals surface area contributed by atoms with Gasteiger partial charge in [0.15, 0.2) is 11.4 Å². The lowest BCUT2D eigenvalue weighted by atomic mass is 10.3. The van der Waals surface area contributed by atoms with Crippen LogP contribution in [0.15, 0.2) is 43.0 Å². The number of nitrogens with zero attached hydrogens (tertiary/aromatic N) is 2. The van der Waals surface area contributed by atoms with E-state index in [2.05, 4.69) is 40.8 Å². The topological polar surface area (TPSA) is 18.0 Å². The van der Waals surface area contributed by atoms with Crippen molar-refractivity contribution in [1.82, 2.24) is 4.57 Å². The van der Waals surface area contributed by atoms with E-state index in [9.17, 15) is 0 Å². The highest BCUT2D eigenvalue weighted by molar-refractivity contribution is 5.46. The normalized spacial score (nSPS) is 10.6. The van der Waals surface area contributed by atoms with Crippen molar-refractivity contribution in [2.45, 2.75) is 33.2 Å². The number of para-hydroxylation sites is 2. The molecule has 0 aliphatic carbocycles. The second-order valence-electron chi connectivity index (χ2n) is 4.31. The SMILES string of the molecule is CCCC[n+]1ccn(-c2ccccc2OCC)c1. The molecule has 0 atom stereocenters. The van der Waals surface area contributed by atoms with Crippen LogP contribution in [0.25, 0.3) is 5.69 Å². The first-order valence-electron chi connectivity index (χ1n) is 6.64. The van der Waals surface area contributed by atoms with Gasteiger partial charge in [-0.15, -0.1) is 0 Å². The third kappa shape index (κ3) is 2.92. The zero-order chi connectivity index (χ0) is 12.8. The average molecular weight is 245 g/mol. The first kappa shape index (κ1) is 12.7. The molecule has 0 saturated heterocycles. The molecule has 0 bridgehead atoms. The number of unbranched alkanes of at least 4 members (excludes halogenated alkanes) is 1. The molecule has 0 N–H and O–H groups in total. The Hall–Kier alpha value is -1.77. The summed E-state index contributed by atoms with van der Waals surface area (Å²) in [6, 6.07) is 8.13. The summed E-state index contributed by atoms with van der Waals surface area (Å²) in [4.78, 5) is 0. The number of rotatable bonds is 6. The Kier molecular flexibility index (Phi) is 4.40. The molecule has 3 heteroatoms. The van der Waals surface area contributed by atoms with Gasteiger partial charge in [-0.1, -0.05) is 25.5 Å². The largest absolute Gasteiger partial charge is 0.489 e. The van der Waals surface area contributed by atoms with E-state index in [1.807, 2.05) is 25.1 Å². The summed E-state index contributed by atoms with van der Waals surface area (Å²) in [5.74, 6) is 0.929. The molecule has 18 heavy (non-hydrogen) atoms. The van der Waals surface area contributed by atoms with Crippen molar-refractivity contribution in [1.29, 1.82) is 0 Å². The number of hydrogen-bond donors (Lipinski definition) is 0. The maximum absolute atomic E-state index is 5.65. The number of imidazole rings is 1. The van der Waals surface area contributed by atoms with Gasteiger partial charge >= 0.3 is 0 Å². The minimum Gasteiger partial charge on any atom is -0.489 e. The van der Waals surface area contributed by atoms with Gasteiger partial charge in [-0.05, 0) is 25.5 Å². The van der Waals surface area contributed by atoms with Crippen LogP contribution in [0.4, 0.5) is 0 Å². The Morgan fingerprint density at radius 1 is 1.22 bits per heavy atom. The molecule has 0 spiro atoms. The summed E-state index contributed by atoms with van der Waals surface area (Å²) < 4.78 is 9.98. The third-order valence-electron chi connectivity index (χ3n) is 2.90. The number of hydrogen-bond acceptors (Lipinski definition) is 1. The van der Waals surface area contributed by atoms with Crippen LogP contribution < -0.4 is 9.30 Å². The summed E-state index contributed by atoms with van der Waals surface area (Å²) in [6.07, 6.45) is 8.73. The van der Waals surface area contributed by atoms with Crippen molar-refractivity contribution in [2.24, 2.45) is 0 Å². The first-order valence-corrected chi connectivity index (χ1v) is 6.64. The third-order valence-corrected chi connectivity index (χ3v) is 2.90. The van der Waals surface area contributed by atoms with Gasteiger partial charge in [-0.3, -0.25) is 0 Å². The fourth-order valence-corrected chi connectivity index (χ4v) is 1.96. The van der Waals surface area contributed by atoms with E-state index in [4.69, 9.17) is 4.74 Å². The Bertz CT molecular complexity index is 491. The second kappa shape index (κ2) is 6.24. The molecular formula is C15H21N2O+. The molecule has 2 aromatic rings. The van der Waals surface area contributed by atoms with Gasteiger partial charge in [0, 0.05) is 0 Å². The predicted octanol–water partition coefficient (Wildman–Crippen LogP) is 2.96. The zero-order valence-electron chi connectivity index (χ0n) is 11.2. The Morgan fingerprint density at radius 2 is 2.06 bits per heavy atom. The Labute approximate surface area is 109 Å². The lowest BCUT2D eigenvalue weighted by Crippen LogP contribution is -2.30. The molecule has 0 aliphatic rings. The van der Waals surface area contributed by atoms with Crippen molar-refractivity contribution in [3.05, 3.63) is 43.0 Å². The molecule has 1 heterocycles. The minimum absolute atomic E-state index is 0.689. The molecule has 96 valence electrons. The smallest absolute Gasteiger partial charge is 0.249 e. The van der Waals surface area contributed by atoms with E-state index >= 15 is 0 Å². The summed E-state index contributed by atoms with van der Waals surface area (Å²) >= 11 is 0. The van der Waals surface area contributed by atoms with Gasteiger partial charge in [-0.2, -0.15) is 4.57 Å². The summed E-state index contributed by atoms with van der Waals surface area (Å²) in [7, 11) is 0. The van der Waals surface area contributed by atoms with Crippen molar-refractivity contribution in [3.63, 3.8) is 0 Å².